The van der Waals surface area contributed by atoms with Crippen molar-refractivity contribution in [2.24, 2.45) is 0 Å². The first-order chi connectivity index (χ1) is 7.91. The van der Waals surface area contributed by atoms with Crippen LogP contribution in [0.1, 0.15) is 12.8 Å². The predicted octanol–water partition coefficient (Wildman–Crippen LogP) is -2.93. The molecule has 4 amide bonds. The molecule has 9 heteroatoms. The van der Waals surface area contributed by atoms with Crippen molar-refractivity contribution in [3.8, 4) is 0 Å². The smallest absolute Gasteiger partial charge is 0.284 e. The van der Waals surface area contributed by atoms with Crippen LogP contribution in [0.4, 0.5) is 0 Å². The Kier molecular flexibility index (Phi) is 2.65. The van der Waals surface area contributed by atoms with E-state index in [-0.39, 0.29) is 10.1 Å². The summed E-state index contributed by atoms with van der Waals surface area (Å²) in [6, 6.07) is 0. The van der Waals surface area contributed by atoms with Crippen LogP contribution in [-0.4, -0.2) is 56.2 Å². The van der Waals surface area contributed by atoms with Gasteiger partial charge in [-0.1, -0.05) is 0 Å². The maximum atomic E-state index is 11.2. The maximum absolute atomic E-state index is 11.2. The molecule has 2 atom stereocenters. The van der Waals surface area contributed by atoms with Gasteiger partial charge in [0.05, 0.1) is 12.8 Å². The third-order valence-corrected chi connectivity index (χ3v) is 2.32. The number of aliphatic hydroxyl groups excluding tert-OH is 2. The van der Waals surface area contributed by atoms with Crippen LogP contribution < -0.4 is 0 Å². The van der Waals surface area contributed by atoms with Crippen molar-refractivity contribution >= 4 is 23.6 Å². The summed E-state index contributed by atoms with van der Waals surface area (Å²) in [4.78, 5) is 49.3. The first-order valence-electron chi connectivity index (χ1n) is 4.69. The Morgan fingerprint density at radius 2 is 1.24 bits per heavy atom. The average molecular weight is 244 g/mol. The third-order valence-electron chi connectivity index (χ3n) is 2.32. The molecule has 0 aromatic carbocycles. The summed E-state index contributed by atoms with van der Waals surface area (Å²) in [6.07, 6.45) is -4.03. The molecule has 0 bridgehead atoms. The molecule has 2 N–H and O–H groups in total. The molecule has 0 aromatic heterocycles. The summed E-state index contributed by atoms with van der Waals surface area (Å²) in [5.41, 5.74) is 0. The fraction of sp³-hybridized carbons (Fsp3) is 0.500. The van der Waals surface area contributed by atoms with Gasteiger partial charge in [-0.2, -0.15) is 0 Å². The van der Waals surface area contributed by atoms with Gasteiger partial charge < -0.3 is 10.2 Å². The lowest BCUT2D eigenvalue weighted by Gasteiger charge is -2.18. The minimum Gasteiger partial charge on any atom is -0.383 e. The van der Waals surface area contributed by atoms with E-state index in [1.165, 1.54) is 0 Å². The Morgan fingerprint density at radius 3 is 1.47 bits per heavy atom. The molecule has 2 unspecified atom stereocenters. The molecule has 2 rings (SSSR count). The van der Waals surface area contributed by atoms with Crippen molar-refractivity contribution in [1.29, 1.82) is 0 Å². The van der Waals surface area contributed by atoms with Crippen LogP contribution in [0.15, 0.2) is 0 Å². The molecule has 2 aliphatic heterocycles. The van der Waals surface area contributed by atoms with Crippen LogP contribution in [0.3, 0.4) is 0 Å². The Hall–Kier alpha value is -1.84. The lowest BCUT2D eigenvalue weighted by atomic mass is 10.3. The molecule has 0 spiro atoms. The van der Waals surface area contributed by atoms with Gasteiger partial charge in [0.15, 0.2) is 0 Å². The molecule has 0 aromatic rings. The Labute approximate surface area is 94.1 Å². The molecule has 2 aliphatic rings. The zero-order valence-corrected chi connectivity index (χ0v) is 8.40. The predicted molar refractivity (Wildman–Crippen MR) is 46.0 cm³/mol. The summed E-state index contributed by atoms with van der Waals surface area (Å²) < 4.78 is 0. The molecule has 0 saturated carbocycles. The van der Waals surface area contributed by atoms with Gasteiger partial charge in [0.1, 0.15) is 12.2 Å². The standard InChI is InChI=1S/C8H8N2O7/c11-3-1-5(13)9(7(3)15)17-10-6(14)2-4(12)8(10)16/h3-4,11-12H,1-2H2. The molecule has 9 nitrogen and oxygen atoms in total. The Balaban J connectivity index is 2.12. The molecule has 2 fully saturated rings. The van der Waals surface area contributed by atoms with E-state index >= 15 is 0 Å². The number of nitrogens with zero attached hydrogens (tertiary/aromatic N) is 2. The minimum atomic E-state index is -1.54. The van der Waals surface area contributed by atoms with E-state index in [4.69, 9.17) is 10.2 Å². The number of hydrogen-bond acceptors (Lipinski definition) is 7. The zero-order valence-electron chi connectivity index (χ0n) is 8.40. The van der Waals surface area contributed by atoms with Gasteiger partial charge in [-0.3, -0.25) is 19.2 Å². The summed E-state index contributed by atoms with van der Waals surface area (Å²) in [5.74, 6) is -3.86. The highest BCUT2D eigenvalue weighted by Gasteiger charge is 2.46. The highest BCUT2D eigenvalue weighted by Crippen LogP contribution is 2.19. The quantitative estimate of drug-likeness (QED) is 0.498. The second-order valence-electron chi connectivity index (χ2n) is 3.57. The van der Waals surface area contributed by atoms with Gasteiger partial charge in [0, 0.05) is 0 Å². The highest BCUT2D eigenvalue weighted by atomic mass is 16.9. The maximum Gasteiger partial charge on any atom is 0.284 e. The second kappa shape index (κ2) is 3.87. The number of hydrogen-bond donors (Lipinski definition) is 2. The molecular weight excluding hydrogens is 236 g/mol. The number of aliphatic hydroxyl groups is 2. The van der Waals surface area contributed by atoms with Crippen LogP contribution in [-0.2, 0) is 24.1 Å². The molecule has 92 valence electrons. The lowest BCUT2D eigenvalue weighted by molar-refractivity contribution is -0.270. The normalized spacial score (nSPS) is 29.8. The van der Waals surface area contributed by atoms with E-state index in [2.05, 4.69) is 4.94 Å². The van der Waals surface area contributed by atoms with Crippen molar-refractivity contribution in [2.45, 2.75) is 25.0 Å². The molecular formula is C8H8N2O7. The number of hydroxylamine groups is 4. The SMILES string of the molecule is O=C1CC(O)C(=O)N1ON1C(=O)CC(O)C1=O. The first-order valence-corrected chi connectivity index (χ1v) is 4.69. The summed E-state index contributed by atoms with van der Waals surface area (Å²) in [7, 11) is 0. The van der Waals surface area contributed by atoms with Crippen LogP contribution in [0.25, 0.3) is 0 Å². The van der Waals surface area contributed by atoms with Gasteiger partial charge in [-0.25, -0.2) is 0 Å². The zero-order chi connectivity index (χ0) is 12.7. The van der Waals surface area contributed by atoms with Gasteiger partial charge in [0.25, 0.3) is 23.6 Å². The number of amides is 4. The van der Waals surface area contributed by atoms with Gasteiger partial charge in [0.2, 0.25) is 0 Å². The summed E-state index contributed by atoms with van der Waals surface area (Å²) in [5, 5.41) is 18.4. The highest BCUT2D eigenvalue weighted by molar-refractivity contribution is 6.05. The topological polar surface area (TPSA) is 124 Å². The number of rotatable bonds is 2. The van der Waals surface area contributed by atoms with E-state index in [9.17, 15) is 19.2 Å². The average Bonchev–Trinajstić information content (AvgIpc) is 2.62. The lowest BCUT2D eigenvalue weighted by Crippen LogP contribution is -2.43. The first kappa shape index (κ1) is 11.6. The van der Waals surface area contributed by atoms with Crippen molar-refractivity contribution in [3.63, 3.8) is 0 Å². The molecule has 2 heterocycles. The van der Waals surface area contributed by atoms with Crippen molar-refractivity contribution in [2.75, 3.05) is 0 Å². The molecule has 0 aliphatic carbocycles. The van der Waals surface area contributed by atoms with E-state index in [0.717, 1.165) is 0 Å². The number of carbonyl (C=O) groups excluding carboxylic acids is 4. The monoisotopic (exact) mass is 244 g/mol. The second-order valence-corrected chi connectivity index (χ2v) is 3.57. The fourth-order valence-corrected chi connectivity index (χ4v) is 1.44. The van der Waals surface area contributed by atoms with E-state index < -0.39 is 48.7 Å². The third kappa shape index (κ3) is 1.79. The van der Waals surface area contributed by atoms with Gasteiger partial charge >= 0.3 is 0 Å². The van der Waals surface area contributed by atoms with Gasteiger partial charge in [-0.15, -0.1) is 15.1 Å². The fourth-order valence-electron chi connectivity index (χ4n) is 1.44. The minimum absolute atomic E-state index is 0.137. The van der Waals surface area contributed by atoms with E-state index in [1.807, 2.05) is 0 Å². The van der Waals surface area contributed by atoms with E-state index in [1.54, 1.807) is 0 Å². The van der Waals surface area contributed by atoms with Crippen molar-refractivity contribution in [3.05, 3.63) is 0 Å². The van der Waals surface area contributed by atoms with Crippen LogP contribution in [0.2, 0.25) is 0 Å². The van der Waals surface area contributed by atoms with Crippen molar-refractivity contribution in [1.82, 2.24) is 10.1 Å². The molecule has 2 saturated heterocycles. The largest absolute Gasteiger partial charge is 0.383 e. The number of carbonyl (C=O) groups is 4. The summed E-state index contributed by atoms with van der Waals surface area (Å²) >= 11 is 0. The number of imide groups is 2. The molecule has 17 heavy (non-hydrogen) atoms. The van der Waals surface area contributed by atoms with Crippen LogP contribution >= 0.6 is 0 Å². The molecule has 0 radical (unpaired) electrons. The van der Waals surface area contributed by atoms with Crippen LogP contribution in [0.5, 0.6) is 0 Å². The van der Waals surface area contributed by atoms with E-state index in [0.29, 0.717) is 0 Å². The van der Waals surface area contributed by atoms with Crippen molar-refractivity contribution < 1.29 is 34.3 Å². The van der Waals surface area contributed by atoms with Crippen LogP contribution in [0, 0.1) is 0 Å². The summed E-state index contributed by atoms with van der Waals surface area (Å²) in [6.45, 7) is 0. The Morgan fingerprint density at radius 1 is 0.882 bits per heavy atom. The Bertz CT molecular complexity index is 382. The van der Waals surface area contributed by atoms with Gasteiger partial charge in [-0.05, 0) is 0 Å².